The van der Waals surface area contributed by atoms with E-state index in [0.29, 0.717) is 18.9 Å². The highest BCUT2D eigenvalue weighted by atomic mass is 16.2. The number of aryl methyl sites for hydroxylation is 2. The summed E-state index contributed by atoms with van der Waals surface area (Å²) in [5.41, 5.74) is 2.20. The molecule has 0 aromatic heterocycles. The van der Waals surface area contributed by atoms with Crippen molar-refractivity contribution in [3.05, 3.63) is 29.3 Å². The summed E-state index contributed by atoms with van der Waals surface area (Å²) in [7, 11) is 0. The fourth-order valence-corrected chi connectivity index (χ4v) is 3.83. The molecule has 2 amide bonds. The van der Waals surface area contributed by atoms with Crippen molar-refractivity contribution in [1.29, 1.82) is 0 Å². The van der Waals surface area contributed by atoms with Gasteiger partial charge in [0.25, 0.3) is 0 Å². The third kappa shape index (κ3) is 3.06. The molecule has 1 N–H and O–H groups in total. The SMILES string of the molecule is CCC1CCCCN1C(=O)C1(C(=O)Nc2ccc(C)cc2C)CC1. The van der Waals surface area contributed by atoms with Gasteiger partial charge in [-0.1, -0.05) is 24.6 Å². The molecule has 2 fully saturated rings. The molecule has 1 saturated carbocycles. The highest BCUT2D eigenvalue weighted by Gasteiger charge is 2.58. The van der Waals surface area contributed by atoms with Crippen LogP contribution in [-0.4, -0.2) is 29.3 Å². The lowest BCUT2D eigenvalue weighted by atomic mass is 9.95. The molecular weight excluding hydrogens is 300 g/mol. The first kappa shape index (κ1) is 17.0. The fraction of sp³-hybridized carbons (Fsp3) is 0.600. The lowest BCUT2D eigenvalue weighted by Gasteiger charge is -2.37. The maximum Gasteiger partial charge on any atom is 0.240 e. The Morgan fingerprint density at radius 2 is 2.00 bits per heavy atom. The Labute approximate surface area is 144 Å². The monoisotopic (exact) mass is 328 g/mol. The van der Waals surface area contributed by atoms with Gasteiger partial charge in [0, 0.05) is 18.3 Å². The summed E-state index contributed by atoms with van der Waals surface area (Å²) in [6.45, 7) is 6.95. The Hall–Kier alpha value is -1.84. The first-order chi connectivity index (χ1) is 11.5. The van der Waals surface area contributed by atoms with Crippen LogP contribution in [-0.2, 0) is 9.59 Å². The summed E-state index contributed by atoms with van der Waals surface area (Å²) in [6, 6.07) is 6.27. The Kier molecular flexibility index (Phi) is 4.66. The molecule has 4 nitrogen and oxygen atoms in total. The third-order valence-corrected chi connectivity index (χ3v) is 5.58. The number of hydrogen-bond acceptors (Lipinski definition) is 2. The molecule has 4 heteroatoms. The van der Waals surface area contributed by atoms with Gasteiger partial charge in [0.2, 0.25) is 11.8 Å². The van der Waals surface area contributed by atoms with Gasteiger partial charge in [-0.2, -0.15) is 0 Å². The maximum absolute atomic E-state index is 13.1. The van der Waals surface area contributed by atoms with Crippen molar-refractivity contribution in [1.82, 2.24) is 4.90 Å². The van der Waals surface area contributed by atoms with Crippen LogP contribution in [0.25, 0.3) is 0 Å². The molecule has 1 unspecified atom stereocenters. The molecule has 1 heterocycles. The van der Waals surface area contributed by atoms with Crippen molar-refractivity contribution in [2.45, 2.75) is 65.3 Å². The van der Waals surface area contributed by atoms with Crippen LogP contribution in [0.3, 0.4) is 0 Å². The summed E-state index contributed by atoms with van der Waals surface area (Å²) in [5.74, 6) is -0.0730. The van der Waals surface area contributed by atoms with Gasteiger partial charge in [-0.05, 0) is 64.0 Å². The van der Waals surface area contributed by atoms with Crippen molar-refractivity contribution >= 4 is 17.5 Å². The second-order valence-corrected chi connectivity index (χ2v) is 7.41. The van der Waals surface area contributed by atoms with Gasteiger partial charge in [-0.25, -0.2) is 0 Å². The van der Waals surface area contributed by atoms with Gasteiger partial charge in [0.05, 0.1) is 0 Å². The predicted octanol–water partition coefficient (Wildman–Crippen LogP) is 3.81. The van der Waals surface area contributed by atoms with Crippen molar-refractivity contribution in [2.24, 2.45) is 5.41 Å². The van der Waals surface area contributed by atoms with Crippen molar-refractivity contribution in [2.75, 3.05) is 11.9 Å². The number of carbonyl (C=O) groups is 2. The quantitative estimate of drug-likeness (QED) is 0.854. The van der Waals surface area contributed by atoms with Crippen LogP contribution >= 0.6 is 0 Å². The number of carbonyl (C=O) groups excluding carboxylic acids is 2. The standard InChI is InChI=1S/C20H28N2O2/c1-4-16-7-5-6-12-22(16)19(24)20(10-11-20)18(23)21-17-9-8-14(2)13-15(17)3/h8-9,13,16H,4-7,10-12H2,1-3H3,(H,21,23). The summed E-state index contributed by atoms with van der Waals surface area (Å²) >= 11 is 0. The van der Waals surface area contributed by atoms with Crippen molar-refractivity contribution < 1.29 is 9.59 Å². The number of piperidine rings is 1. The molecule has 1 atom stereocenters. The molecule has 24 heavy (non-hydrogen) atoms. The van der Waals surface area contributed by atoms with Crippen LogP contribution in [0.15, 0.2) is 18.2 Å². The second-order valence-electron chi connectivity index (χ2n) is 7.41. The lowest BCUT2D eigenvalue weighted by Crippen LogP contribution is -2.49. The Morgan fingerprint density at radius 3 is 2.62 bits per heavy atom. The predicted molar refractivity (Wildman–Crippen MR) is 95.9 cm³/mol. The molecule has 1 aliphatic heterocycles. The van der Waals surface area contributed by atoms with E-state index in [1.54, 1.807) is 0 Å². The molecule has 1 saturated heterocycles. The van der Waals surface area contributed by atoms with Gasteiger partial charge >= 0.3 is 0 Å². The summed E-state index contributed by atoms with van der Waals surface area (Å²) < 4.78 is 0. The Morgan fingerprint density at radius 1 is 1.25 bits per heavy atom. The first-order valence-electron chi connectivity index (χ1n) is 9.18. The zero-order valence-electron chi connectivity index (χ0n) is 15.0. The molecule has 2 aliphatic rings. The molecule has 1 aromatic rings. The van der Waals surface area contributed by atoms with Crippen LogP contribution < -0.4 is 5.32 Å². The number of likely N-dealkylation sites (tertiary alicyclic amines) is 1. The zero-order chi connectivity index (χ0) is 17.3. The van der Waals surface area contributed by atoms with E-state index in [9.17, 15) is 9.59 Å². The molecule has 1 aliphatic carbocycles. The number of nitrogens with zero attached hydrogens (tertiary/aromatic N) is 1. The number of anilines is 1. The van der Waals surface area contributed by atoms with Gasteiger partial charge in [0.15, 0.2) is 0 Å². The number of hydrogen-bond donors (Lipinski definition) is 1. The van der Waals surface area contributed by atoms with Crippen LogP contribution in [0.1, 0.15) is 56.6 Å². The van der Waals surface area contributed by atoms with Crippen LogP contribution in [0.4, 0.5) is 5.69 Å². The van der Waals surface area contributed by atoms with E-state index in [1.807, 2.05) is 30.9 Å². The molecule has 3 rings (SSSR count). The lowest BCUT2D eigenvalue weighted by molar-refractivity contribution is -0.145. The molecular formula is C20H28N2O2. The van der Waals surface area contributed by atoms with E-state index in [-0.39, 0.29) is 11.8 Å². The average Bonchev–Trinajstić information content (AvgIpc) is 3.38. The number of rotatable bonds is 4. The number of amides is 2. The fourth-order valence-electron chi connectivity index (χ4n) is 3.83. The van der Waals surface area contributed by atoms with Crippen LogP contribution in [0.5, 0.6) is 0 Å². The summed E-state index contributed by atoms with van der Waals surface area (Å²) in [5, 5.41) is 3.01. The maximum atomic E-state index is 13.1. The smallest absolute Gasteiger partial charge is 0.240 e. The minimum Gasteiger partial charge on any atom is -0.339 e. The highest BCUT2D eigenvalue weighted by molar-refractivity contribution is 6.13. The highest BCUT2D eigenvalue weighted by Crippen LogP contribution is 2.49. The first-order valence-corrected chi connectivity index (χ1v) is 9.18. The largest absolute Gasteiger partial charge is 0.339 e. The third-order valence-electron chi connectivity index (χ3n) is 5.58. The molecule has 0 radical (unpaired) electrons. The summed E-state index contributed by atoms with van der Waals surface area (Å²) in [6.07, 6.45) is 5.63. The topological polar surface area (TPSA) is 49.4 Å². The molecule has 1 aromatic carbocycles. The van der Waals surface area contributed by atoms with Crippen molar-refractivity contribution in [3.63, 3.8) is 0 Å². The minimum atomic E-state index is -0.817. The number of nitrogens with one attached hydrogen (secondary N) is 1. The number of benzene rings is 1. The molecule has 130 valence electrons. The van der Waals surface area contributed by atoms with E-state index in [4.69, 9.17) is 0 Å². The van der Waals surface area contributed by atoms with E-state index in [1.165, 1.54) is 12.0 Å². The normalized spacial score (nSPS) is 22.1. The summed E-state index contributed by atoms with van der Waals surface area (Å²) in [4.78, 5) is 27.9. The van der Waals surface area contributed by atoms with Gasteiger partial charge in [0.1, 0.15) is 5.41 Å². The molecule has 0 spiro atoms. The van der Waals surface area contributed by atoms with Crippen molar-refractivity contribution in [3.8, 4) is 0 Å². The minimum absolute atomic E-state index is 0.0521. The van der Waals surface area contributed by atoms with Gasteiger partial charge in [-0.3, -0.25) is 9.59 Å². The average molecular weight is 328 g/mol. The Bertz CT molecular complexity index is 649. The van der Waals surface area contributed by atoms with E-state index < -0.39 is 5.41 Å². The van der Waals surface area contributed by atoms with Gasteiger partial charge < -0.3 is 10.2 Å². The second kappa shape index (κ2) is 6.58. The van der Waals surface area contributed by atoms with E-state index in [0.717, 1.165) is 37.1 Å². The van der Waals surface area contributed by atoms with Gasteiger partial charge in [-0.15, -0.1) is 0 Å². The zero-order valence-corrected chi connectivity index (χ0v) is 15.0. The molecule has 0 bridgehead atoms. The van der Waals surface area contributed by atoms with Crippen LogP contribution in [0.2, 0.25) is 0 Å². The Balaban J connectivity index is 1.75. The van der Waals surface area contributed by atoms with Crippen LogP contribution in [0, 0.1) is 19.3 Å². The van der Waals surface area contributed by atoms with E-state index >= 15 is 0 Å². The van der Waals surface area contributed by atoms with E-state index in [2.05, 4.69) is 18.3 Å².